The maximum Gasteiger partial charge on any atom is 0.416 e. The lowest BCUT2D eigenvalue weighted by atomic mass is 10.0. The Morgan fingerprint density at radius 3 is 2.33 bits per heavy atom. The van der Waals surface area contributed by atoms with Crippen molar-refractivity contribution in [2.75, 3.05) is 25.0 Å². The molecule has 4 rings (SSSR count). The van der Waals surface area contributed by atoms with Crippen molar-refractivity contribution in [3.8, 4) is 0 Å². The lowest BCUT2D eigenvalue weighted by Crippen LogP contribution is -2.33. The minimum Gasteiger partial charge on any atom is -0.340 e. The number of benzene rings is 3. The molecule has 0 spiro atoms. The Kier molecular flexibility index (Phi) is 6.70. The maximum atomic E-state index is 13.4. The van der Waals surface area contributed by atoms with Crippen molar-refractivity contribution in [3.05, 3.63) is 88.4 Å². The molecule has 1 atom stereocenters. The number of halogens is 4. The maximum absolute atomic E-state index is 13.4. The summed E-state index contributed by atoms with van der Waals surface area (Å²) >= 11 is 6.29. The molecule has 1 aliphatic rings. The van der Waals surface area contributed by atoms with Crippen LogP contribution in [0.3, 0.4) is 0 Å². The van der Waals surface area contributed by atoms with E-state index < -0.39 is 21.7 Å². The first kappa shape index (κ1) is 23.6. The van der Waals surface area contributed by atoms with E-state index in [-0.39, 0.29) is 11.4 Å². The minimum atomic E-state index is -4.45. The molecule has 0 aliphatic carbocycles. The fraction of sp³-hybridized carbons (Fsp3) is 0.250. The third-order valence-corrected chi connectivity index (χ3v) is 7.93. The van der Waals surface area contributed by atoms with Crippen molar-refractivity contribution in [3.63, 3.8) is 0 Å². The second-order valence-corrected chi connectivity index (χ2v) is 10.3. The predicted octanol–water partition coefficient (Wildman–Crippen LogP) is 6.26. The molecule has 1 N–H and O–H groups in total. The molecule has 1 unspecified atom stereocenters. The summed E-state index contributed by atoms with van der Waals surface area (Å²) in [7, 11) is -1.69. The van der Waals surface area contributed by atoms with E-state index in [1.165, 1.54) is 30.3 Å². The molecule has 0 bridgehead atoms. The van der Waals surface area contributed by atoms with Crippen LogP contribution in [0.1, 0.15) is 16.7 Å². The van der Waals surface area contributed by atoms with Gasteiger partial charge in [-0.1, -0.05) is 35.9 Å². The van der Waals surface area contributed by atoms with E-state index in [1.807, 2.05) is 36.4 Å². The summed E-state index contributed by atoms with van der Waals surface area (Å²) in [5.74, 6) is 0. The van der Waals surface area contributed by atoms with Crippen molar-refractivity contribution in [1.29, 1.82) is 0 Å². The summed E-state index contributed by atoms with van der Waals surface area (Å²) < 4.78 is 59.0. The van der Waals surface area contributed by atoms with Gasteiger partial charge in [0.15, 0.2) is 0 Å². The third kappa shape index (κ3) is 5.03. The van der Waals surface area contributed by atoms with E-state index in [0.29, 0.717) is 11.6 Å². The first-order valence-electron chi connectivity index (χ1n) is 10.4. The molecule has 3 aromatic carbocycles. The van der Waals surface area contributed by atoms with Gasteiger partial charge in [0.1, 0.15) is 9.92 Å². The number of aryl methyl sites for hydroxylation is 2. The molecule has 9 heteroatoms. The van der Waals surface area contributed by atoms with Crippen LogP contribution in [0.15, 0.2) is 76.0 Å². The average Bonchev–Trinajstić information content (AvgIpc) is 2.95. The number of hydrogen-bond donors (Lipinski definition) is 1. The van der Waals surface area contributed by atoms with Crippen LogP contribution in [0.2, 0.25) is 5.02 Å². The molecule has 0 radical (unpaired) electrons. The lowest BCUT2D eigenvalue weighted by molar-refractivity contribution is -0.137. The summed E-state index contributed by atoms with van der Waals surface area (Å²) in [6, 6.07) is 18.2. The highest BCUT2D eigenvalue weighted by Gasteiger charge is 2.30. The van der Waals surface area contributed by atoms with Crippen molar-refractivity contribution in [2.24, 2.45) is 4.36 Å². The lowest BCUT2D eigenvalue weighted by Gasteiger charge is -2.27. The van der Waals surface area contributed by atoms with Gasteiger partial charge in [0.05, 0.1) is 10.5 Å². The fourth-order valence-electron chi connectivity index (χ4n) is 4.00. The zero-order valence-corrected chi connectivity index (χ0v) is 19.5. The highest BCUT2D eigenvalue weighted by atomic mass is 35.5. The second kappa shape index (κ2) is 9.37. The van der Waals surface area contributed by atoms with Gasteiger partial charge in [0.25, 0.3) is 0 Å². The molecule has 1 heterocycles. The third-order valence-electron chi connectivity index (χ3n) is 5.68. The summed E-state index contributed by atoms with van der Waals surface area (Å²) in [5, 5.41) is 0.628. The number of anilines is 2. The van der Waals surface area contributed by atoms with Crippen LogP contribution in [-0.4, -0.2) is 24.3 Å². The van der Waals surface area contributed by atoms with Crippen LogP contribution < -0.4 is 9.62 Å². The fourth-order valence-corrected chi connectivity index (χ4v) is 5.55. The zero-order chi connectivity index (χ0) is 23.6. The van der Waals surface area contributed by atoms with Crippen molar-refractivity contribution in [2.45, 2.75) is 23.9 Å². The molecule has 0 fully saturated rings. The Hall–Kier alpha value is -2.55. The number of para-hydroxylation sites is 1. The molecule has 1 aliphatic heterocycles. The molecule has 0 saturated carbocycles. The van der Waals surface area contributed by atoms with Crippen LogP contribution in [-0.2, 0) is 28.9 Å². The van der Waals surface area contributed by atoms with Gasteiger partial charge >= 0.3 is 6.18 Å². The van der Waals surface area contributed by atoms with Gasteiger partial charge in [-0.05, 0) is 66.4 Å². The van der Waals surface area contributed by atoms with Crippen LogP contribution in [0, 0.1) is 0 Å². The number of hydrogen-bond acceptors (Lipinski definition) is 3. The molecular weight excluding hydrogens is 471 g/mol. The molecule has 0 saturated heterocycles. The summed E-state index contributed by atoms with van der Waals surface area (Å²) in [6.07, 6.45) is -2.69. The van der Waals surface area contributed by atoms with Crippen LogP contribution in [0.4, 0.5) is 24.5 Å². The molecule has 3 aromatic rings. The molecule has 174 valence electrons. The first-order chi connectivity index (χ1) is 15.7. The van der Waals surface area contributed by atoms with Gasteiger partial charge in [-0.2, -0.15) is 13.2 Å². The smallest absolute Gasteiger partial charge is 0.340 e. The van der Waals surface area contributed by atoms with Gasteiger partial charge in [-0.3, -0.25) is 0 Å². The molecule has 0 amide bonds. The number of nitrogens with zero attached hydrogens (tertiary/aromatic N) is 2. The summed E-state index contributed by atoms with van der Waals surface area (Å²) in [5.41, 5.74) is 3.62. The Morgan fingerprint density at radius 1 is 1.00 bits per heavy atom. The number of rotatable bonds is 5. The average molecular weight is 494 g/mol. The van der Waals surface area contributed by atoms with Crippen LogP contribution in [0.5, 0.6) is 0 Å². The Labute approximate surface area is 196 Å². The van der Waals surface area contributed by atoms with E-state index in [2.05, 4.69) is 20.1 Å². The van der Waals surface area contributed by atoms with E-state index >= 15 is 0 Å². The summed E-state index contributed by atoms with van der Waals surface area (Å²) in [4.78, 5) is 2.34. The number of nitrogens with one attached hydrogen (secondary N) is 1. The molecule has 0 aromatic heterocycles. The Balaban J connectivity index is 1.59. The standard InChI is InChI=1S/C24H23ClF3N3OS/c1-29-33(32,21-12-9-19(10-13-21)24(26,27)28)30-14-15-31-22-5-3-2-4-17(22)6-7-18-8-11-20(25)16-23(18)31/h2-5,8-13,16H,6-7,14-15H2,1H3,(H,29,30,32). The summed E-state index contributed by atoms with van der Waals surface area (Å²) in [6.45, 7) is 0.759. The van der Waals surface area contributed by atoms with Gasteiger partial charge in [-0.15, -0.1) is 0 Å². The topological polar surface area (TPSA) is 44.7 Å². The quantitative estimate of drug-likeness (QED) is 0.456. The van der Waals surface area contributed by atoms with Gasteiger partial charge in [-0.25, -0.2) is 13.3 Å². The van der Waals surface area contributed by atoms with Crippen LogP contribution in [0.25, 0.3) is 0 Å². The SMILES string of the molecule is CN=S(=O)(NCCN1c2ccccc2CCc2ccc(Cl)cc21)c1ccc(C(F)(F)F)cc1. The van der Waals surface area contributed by atoms with E-state index in [1.54, 1.807) is 0 Å². The van der Waals surface area contributed by atoms with E-state index in [4.69, 9.17) is 11.6 Å². The van der Waals surface area contributed by atoms with E-state index in [9.17, 15) is 17.4 Å². The normalized spacial score (nSPS) is 15.2. The highest BCUT2D eigenvalue weighted by molar-refractivity contribution is 7.91. The van der Waals surface area contributed by atoms with E-state index in [0.717, 1.165) is 36.3 Å². The van der Waals surface area contributed by atoms with Crippen molar-refractivity contribution in [1.82, 2.24) is 4.72 Å². The first-order valence-corrected chi connectivity index (χ1v) is 12.3. The molecule has 4 nitrogen and oxygen atoms in total. The number of alkyl halides is 3. The Morgan fingerprint density at radius 2 is 1.67 bits per heavy atom. The highest BCUT2D eigenvalue weighted by Crippen LogP contribution is 2.37. The monoisotopic (exact) mass is 493 g/mol. The Bertz CT molecular complexity index is 1270. The molecule has 33 heavy (non-hydrogen) atoms. The second-order valence-electron chi connectivity index (χ2n) is 7.68. The zero-order valence-electron chi connectivity index (χ0n) is 17.9. The predicted molar refractivity (Wildman–Crippen MR) is 127 cm³/mol. The number of fused-ring (bicyclic) bond motifs is 2. The van der Waals surface area contributed by atoms with Crippen molar-refractivity contribution < 1.29 is 17.4 Å². The van der Waals surface area contributed by atoms with Gasteiger partial charge < -0.3 is 4.90 Å². The minimum absolute atomic E-state index is 0.206. The largest absolute Gasteiger partial charge is 0.416 e. The van der Waals surface area contributed by atoms with Gasteiger partial charge in [0, 0.05) is 36.5 Å². The van der Waals surface area contributed by atoms with Gasteiger partial charge in [0.2, 0.25) is 0 Å². The molecular formula is C24H23ClF3N3OS. The van der Waals surface area contributed by atoms with Crippen molar-refractivity contribution >= 4 is 32.9 Å². The van der Waals surface area contributed by atoms with Crippen LogP contribution >= 0.6 is 11.6 Å².